The van der Waals surface area contributed by atoms with Crippen LogP contribution in [0, 0.1) is 16.3 Å². The number of carbonyl (C=O) groups is 1. The molecule has 20 heavy (non-hydrogen) atoms. The van der Waals surface area contributed by atoms with Gasteiger partial charge in [-0.15, -0.1) is 0 Å². The van der Waals surface area contributed by atoms with Crippen molar-refractivity contribution in [2.24, 2.45) is 5.73 Å². The minimum atomic E-state index is -0.643. The maximum absolute atomic E-state index is 13.8. The Hall–Kier alpha value is -1.77. The number of halogens is 2. The Kier molecular flexibility index (Phi) is 4.17. The highest BCUT2D eigenvalue weighted by Crippen LogP contribution is 2.12. The van der Waals surface area contributed by atoms with Crippen molar-refractivity contribution in [3.63, 3.8) is 0 Å². The highest BCUT2D eigenvalue weighted by molar-refractivity contribution is 14.1. The molecular formula is C13H11FIN3O2. The number of nitrogens with two attached hydrogens (primary N) is 1. The maximum Gasteiger partial charge on any atom is 0.267 e. The summed E-state index contributed by atoms with van der Waals surface area (Å²) < 4.78 is 15.6. The summed E-state index contributed by atoms with van der Waals surface area (Å²) in [5.41, 5.74) is 5.34. The number of hydrogen-bond acceptors (Lipinski definition) is 3. The molecule has 7 heteroatoms. The molecule has 1 aromatic carbocycles. The molecule has 1 amide bonds. The van der Waals surface area contributed by atoms with Crippen LogP contribution in [0.5, 0.6) is 0 Å². The Morgan fingerprint density at radius 3 is 2.85 bits per heavy atom. The molecule has 0 aliphatic heterocycles. The Balaban J connectivity index is 2.50. The lowest BCUT2D eigenvalue weighted by Gasteiger charge is -2.11. The van der Waals surface area contributed by atoms with E-state index in [0.717, 1.165) is 6.07 Å². The van der Waals surface area contributed by atoms with Gasteiger partial charge in [-0.2, -0.15) is 0 Å². The Morgan fingerprint density at radius 1 is 1.50 bits per heavy atom. The molecule has 104 valence electrons. The third-order valence-corrected chi connectivity index (χ3v) is 3.60. The van der Waals surface area contributed by atoms with E-state index in [1.165, 1.54) is 22.9 Å². The number of aryl methyl sites for hydroxylation is 1. The molecular weight excluding hydrogens is 376 g/mol. The summed E-state index contributed by atoms with van der Waals surface area (Å²) in [5.74, 6) is -0.671. The molecule has 0 saturated carbocycles. The number of nitrogens with zero attached hydrogens (tertiary/aromatic N) is 2. The summed E-state index contributed by atoms with van der Waals surface area (Å²) in [5, 5.41) is 0. The molecule has 0 aliphatic rings. The quantitative estimate of drug-likeness (QED) is 0.810. The van der Waals surface area contributed by atoms with Gasteiger partial charge in [0.15, 0.2) is 0 Å². The van der Waals surface area contributed by atoms with E-state index in [-0.39, 0.29) is 23.2 Å². The smallest absolute Gasteiger partial charge is 0.267 e. The molecule has 0 aliphatic carbocycles. The van der Waals surface area contributed by atoms with E-state index < -0.39 is 11.7 Å². The fraction of sp³-hybridized carbons (Fsp3) is 0.154. The van der Waals surface area contributed by atoms with Gasteiger partial charge in [0, 0.05) is 17.3 Å². The van der Waals surface area contributed by atoms with Crippen LogP contribution in [0.25, 0.3) is 0 Å². The second-order valence-electron chi connectivity index (χ2n) is 4.22. The number of aromatic nitrogens is 2. The first kappa shape index (κ1) is 14.6. The average molecular weight is 387 g/mol. The predicted octanol–water partition coefficient (Wildman–Crippen LogP) is 1.44. The summed E-state index contributed by atoms with van der Waals surface area (Å²) in [7, 11) is 0. The van der Waals surface area contributed by atoms with Gasteiger partial charge in [0.2, 0.25) is 5.91 Å². The standard InChI is InChI=1S/C13H11FIN3O2/c1-7-17-5-11(15)13(20)18(7)6-9-4-8(12(16)19)2-3-10(9)14/h2-5H,6H2,1H3,(H2,16,19). The molecule has 0 fully saturated rings. The van der Waals surface area contributed by atoms with Gasteiger partial charge >= 0.3 is 0 Å². The van der Waals surface area contributed by atoms with Crippen molar-refractivity contribution in [1.29, 1.82) is 0 Å². The van der Waals surface area contributed by atoms with Crippen molar-refractivity contribution in [1.82, 2.24) is 9.55 Å². The van der Waals surface area contributed by atoms with Crippen LogP contribution in [-0.4, -0.2) is 15.5 Å². The van der Waals surface area contributed by atoms with Crippen LogP contribution in [0.1, 0.15) is 21.7 Å². The lowest BCUT2D eigenvalue weighted by molar-refractivity contribution is 0.1000. The summed E-state index contributed by atoms with van der Waals surface area (Å²) in [6.45, 7) is 1.66. The lowest BCUT2D eigenvalue weighted by Crippen LogP contribution is -2.26. The molecule has 0 atom stereocenters. The van der Waals surface area contributed by atoms with Crippen molar-refractivity contribution in [3.8, 4) is 0 Å². The van der Waals surface area contributed by atoms with Crippen LogP contribution < -0.4 is 11.3 Å². The van der Waals surface area contributed by atoms with Crippen LogP contribution in [0.2, 0.25) is 0 Å². The first-order valence-corrected chi connectivity index (χ1v) is 6.78. The average Bonchev–Trinajstić information content (AvgIpc) is 2.41. The summed E-state index contributed by atoms with van der Waals surface area (Å²) in [6.07, 6.45) is 1.46. The van der Waals surface area contributed by atoms with Crippen molar-refractivity contribution in [2.75, 3.05) is 0 Å². The second kappa shape index (κ2) is 5.70. The number of amides is 1. The molecule has 1 aromatic heterocycles. The van der Waals surface area contributed by atoms with E-state index in [0.29, 0.717) is 9.39 Å². The first-order chi connectivity index (χ1) is 9.40. The molecule has 0 radical (unpaired) electrons. The zero-order valence-corrected chi connectivity index (χ0v) is 12.7. The minimum absolute atomic E-state index is 0.00145. The normalized spacial score (nSPS) is 10.6. The van der Waals surface area contributed by atoms with Crippen molar-refractivity contribution in [3.05, 3.63) is 61.1 Å². The molecule has 5 nitrogen and oxygen atoms in total. The van der Waals surface area contributed by atoms with Gasteiger partial charge < -0.3 is 5.73 Å². The minimum Gasteiger partial charge on any atom is -0.366 e. The third kappa shape index (κ3) is 2.87. The van der Waals surface area contributed by atoms with Gasteiger partial charge in [-0.3, -0.25) is 14.2 Å². The Labute approximate surface area is 127 Å². The number of primary amides is 1. The zero-order valence-electron chi connectivity index (χ0n) is 10.6. The monoisotopic (exact) mass is 387 g/mol. The van der Waals surface area contributed by atoms with E-state index in [2.05, 4.69) is 4.98 Å². The number of carbonyl (C=O) groups excluding carboxylic acids is 1. The van der Waals surface area contributed by atoms with Crippen LogP contribution >= 0.6 is 22.6 Å². The largest absolute Gasteiger partial charge is 0.366 e. The number of hydrogen-bond donors (Lipinski definition) is 1. The van der Waals surface area contributed by atoms with Crippen LogP contribution in [0.3, 0.4) is 0 Å². The Bertz CT molecular complexity index is 743. The van der Waals surface area contributed by atoms with Gasteiger partial charge in [0.25, 0.3) is 5.56 Å². The van der Waals surface area contributed by atoms with E-state index in [1.54, 1.807) is 6.92 Å². The van der Waals surface area contributed by atoms with Gasteiger partial charge in [-0.1, -0.05) is 0 Å². The maximum atomic E-state index is 13.8. The molecule has 0 spiro atoms. The van der Waals surface area contributed by atoms with Gasteiger partial charge in [0.05, 0.1) is 10.1 Å². The van der Waals surface area contributed by atoms with Gasteiger partial charge in [-0.05, 0) is 47.7 Å². The third-order valence-electron chi connectivity index (χ3n) is 2.86. The zero-order chi connectivity index (χ0) is 14.9. The van der Waals surface area contributed by atoms with E-state index in [4.69, 9.17) is 5.73 Å². The molecule has 0 bridgehead atoms. The summed E-state index contributed by atoms with van der Waals surface area (Å²) in [6, 6.07) is 3.82. The lowest BCUT2D eigenvalue weighted by atomic mass is 10.1. The molecule has 0 saturated heterocycles. The van der Waals surface area contributed by atoms with E-state index in [1.807, 2.05) is 22.6 Å². The number of rotatable bonds is 3. The molecule has 2 aromatic rings. The van der Waals surface area contributed by atoms with Crippen LogP contribution in [0.4, 0.5) is 4.39 Å². The Morgan fingerprint density at radius 2 is 2.20 bits per heavy atom. The highest BCUT2D eigenvalue weighted by atomic mass is 127. The predicted molar refractivity (Wildman–Crippen MR) is 80.0 cm³/mol. The number of benzene rings is 1. The van der Waals surface area contributed by atoms with E-state index >= 15 is 0 Å². The molecule has 1 heterocycles. The topological polar surface area (TPSA) is 78.0 Å². The van der Waals surface area contributed by atoms with Crippen molar-refractivity contribution < 1.29 is 9.18 Å². The first-order valence-electron chi connectivity index (χ1n) is 5.70. The van der Waals surface area contributed by atoms with Crippen molar-refractivity contribution in [2.45, 2.75) is 13.5 Å². The SMILES string of the molecule is Cc1ncc(I)c(=O)n1Cc1cc(C(N)=O)ccc1F. The van der Waals surface area contributed by atoms with Crippen LogP contribution in [-0.2, 0) is 6.54 Å². The molecule has 2 rings (SSSR count). The summed E-state index contributed by atoms with van der Waals surface area (Å²) in [4.78, 5) is 27.2. The van der Waals surface area contributed by atoms with Crippen LogP contribution in [0.15, 0.2) is 29.2 Å². The molecule has 0 unspecified atom stereocenters. The van der Waals surface area contributed by atoms with Crippen molar-refractivity contribution >= 4 is 28.5 Å². The second-order valence-corrected chi connectivity index (χ2v) is 5.38. The fourth-order valence-electron chi connectivity index (χ4n) is 1.76. The van der Waals surface area contributed by atoms with E-state index in [9.17, 15) is 14.0 Å². The van der Waals surface area contributed by atoms with Gasteiger partial charge in [0.1, 0.15) is 11.6 Å². The fourth-order valence-corrected chi connectivity index (χ4v) is 2.19. The highest BCUT2D eigenvalue weighted by Gasteiger charge is 2.11. The molecule has 2 N–H and O–H groups in total. The van der Waals surface area contributed by atoms with Gasteiger partial charge in [-0.25, -0.2) is 9.37 Å². The summed E-state index contributed by atoms with van der Waals surface area (Å²) >= 11 is 1.87.